The van der Waals surface area contributed by atoms with Gasteiger partial charge < -0.3 is 10.2 Å². The molecule has 1 unspecified atom stereocenters. The van der Waals surface area contributed by atoms with E-state index in [4.69, 9.17) is 0 Å². The van der Waals surface area contributed by atoms with E-state index in [0.717, 1.165) is 37.3 Å². The van der Waals surface area contributed by atoms with Crippen LogP contribution in [0, 0.1) is 19.8 Å². The maximum absolute atomic E-state index is 12.4. The van der Waals surface area contributed by atoms with E-state index in [1.165, 1.54) is 11.1 Å². The van der Waals surface area contributed by atoms with Crippen LogP contribution >= 0.6 is 0 Å². The Morgan fingerprint density at radius 1 is 1.32 bits per heavy atom. The fourth-order valence-electron chi connectivity index (χ4n) is 3.30. The van der Waals surface area contributed by atoms with Crippen molar-refractivity contribution in [1.82, 2.24) is 10.2 Å². The van der Waals surface area contributed by atoms with Gasteiger partial charge in [-0.3, -0.25) is 9.59 Å². The number of carbonyl (C=O) groups is 1. The van der Waals surface area contributed by atoms with Gasteiger partial charge in [0.15, 0.2) is 0 Å². The second-order valence-electron chi connectivity index (χ2n) is 6.81. The normalized spacial score (nSPS) is 17.4. The average molecular weight is 340 g/mol. The second kappa shape index (κ2) is 7.51. The summed E-state index contributed by atoms with van der Waals surface area (Å²) >= 11 is 0. The van der Waals surface area contributed by atoms with Crippen LogP contribution in [0.15, 0.2) is 35.3 Å². The Bertz CT molecular complexity index is 815. The largest absolute Gasteiger partial charge is 0.370 e. The van der Waals surface area contributed by atoms with Gasteiger partial charge in [-0.2, -0.15) is 5.10 Å². The third-order valence-electron chi connectivity index (χ3n) is 4.80. The Balaban J connectivity index is 1.59. The van der Waals surface area contributed by atoms with Crippen molar-refractivity contribution in [1.29, 1.82) is 0 Å². The number of hydrogen-bond acceptors (Lipinski definition) is 4. The van der Waals surface area contributed by atoms with Crippen molar-refractivity contribution in [2.45, 2.75) is 33.1 Å². The predicted molar refractivity (Wildman–Crippen MR) is 99.0 cm³/mol. The number of nitrogens with one attached hydrogen (secondary N) is 2. The van der Waals surface area contributed by atoms with Crippen molar-refractivity contribution >= 4 is 17.3 Å². The maximum atomic E-state index is 12.4. The second-order valence-corrected chi connectivity index (χ2v) is 6.81. The highest BCUT2D eigenvalue weighted by molar-refractivity contribution is 5.91. The van der Waals surface area contributed by atoms with E-state index in [1.54, 1.807) is 12.3 Å². The zero-order valence-electron chi connectivity index (χ0n) is 14.7. The van der Waals surface area contributed by atoms with Gasteiger partial charge in [0.25, 0.3) is 5.56 Å². The lowest BCUT2D eigenvalue weighted by atomic mass is 9.94. The molecule has 1 aromatic heterocycles. The summed E-state index contributed by atoms with van der Waals surface area (Å²) in [7, 11) is 0. The van der Waals surface area contributed by atoms with Crippen LogP contribution in [0.25, 0.3) is 0 Å². The zero-order chi connectivity index (χ0) is 17.8. The molecular weight excluding hydrogens is 316 g/mol. The topological polar surface area (TPSA) is 78.1 Å². The third-order valence-corrected chi connectivity index (χ3v) is 4.80. The number of benzene rings is 1. The summed E-state index contributed by atoms with van der Waals surface area (Å²) in [5.74, 6) is 0.318. The number of aryl methyl sites for hydroxylation is 2. The van der Waals surface area contributed by atoms with E-state index < -0.39 is 0 Å². The lowest BCUT2D eigenvalue weighted by Gasteiger charge is -2.33. The minimum atomic E-state index is -0.202. The van der Waals surface area contributed by atoms with E-state index in [1.807, 2.05) is 25.1 Å². The van der Waals surface area contributed by atoms with Crippen molar-refractivity contribution in [3.63, 3.8) is 0 Å². The number of aromatic amines is 1. The molecule has 1 amide bonds. The number of piperidine rings is 1. The highest BCUT2D eigenvalue weighted by Crippen LogP contribution is 2.24. The molecule has 1 saturated heterocycles. The summed E-state index contributed by atoms with van der Waals surface area (Å²) in [6, 6.07) is 7.52. The summed E-state index contributed by atoms with van der Waals surface area (Å²) < 4.78 is 0. The van der Waals surface area contributed by atoms with Crippen LogP contribution in [0.4, 0.5) is 11.4 Å². The Morgan fingerprint density at radius 2 is 2.16 bits per heavy atom. The molecule has 0 radical (unpaired) electrons. The number of nitrogens with zero attached hydrogens (tertiary/aromatic N) is 2. The molecular formula is C19H24N4O2. The van der Waals surface area contributed by atoms with Gasteiger partial charge in [-0.15, -0.1) is 0 Å². The van der Waals surface area contributed by atoms with E-state index in [-0.39, 0.29) is 17.4 Å². The molecule has 0 aliphatic carbocycles. The number of aromatic nitrogens is 2. The van der Waals surface area contributed by atoms with E-state index in [0.29, 0.717) is 6.42 Å². The molecule has 1 aliphatic rings. The summed E-state index contributed by atoms with van der Waals surface area (Å²) in [6.45, 7) is 5.76. The molecule has 1 aromatic carbocycles. The van der Waals surface area contributed by atoms with Gasteiger partial charge in [-0.05, 0) is 55.9 Å². The first-order valence-corrected chi connectivity index (χ1v) is 8.68. The highest BCUT2D eigenvalue weighted by Gasteiger charge is 2.23. The summed E-state index contributed by atoms with van der Waals surface area (Å²) in [6.07, 6.45) is 4.18. The molecule has 0 spiro atoms. The predicted octanol–water partition coefficient (Wildman–Crippen LogP) is 2.63. The smallest absolute Gasteiger partial charge is 0.266 e. The van der Waals surface area contributed by atoms with Crippen molar-refractivity contribution in [2.24, 2.45) is 5.92 Å². The Kier molecular flexibility index (Phi) is 5.16. The molecule has 132 valence electrons. The van der Waals surface area contributed by atoms with Crippen molar-refractivity contribution < 1.29 is 4.79 Å². The van der Waals surface area contributed by atoms with Crippen LogP contribution in [0.5, 0.6) is 0 Å². The minimum absolute atomic E-state index is 0.0409. The minimum Gasteiger partial charge on any atom is -0.370 e. The molecule has 2 N–H and O–H groups in total. The first-order chi connectivity index (χ1) is 12.0. The third kappa shape index (κ3) is 4.47. The molecule has 1 fully saturated rings. The number of rotatable bonds is 4. The van der Waals surface area contributed by atoms with Gasteiger partial charge in [0.1, 0.15) is 0 Å². The van der Waals surface area contributed by atoms with Gasteiger partial charge in [0.05, 0.1) is 11.9 Å². The fraction of sp³-hybridized carbons (Fsp3) is 0.421. The van der Waals surface area contributed by atoms with E-state index in [2.05, 4.69) is 27.3 Å². The summed E-state index contributed by atoms with van der Waals surface area (Å²) in [5, 5.41) is 9.25. The Hall–Kier alpha value is -2.63. The van der Waals surface area contributed by atoms with Gasteiger partial charge >= 0.3 is 0 Å². The highest BCUT2D eigenvalue weighted by atomic mass is 16.1. The summed E-state index contributed by atoms with van der Waals surface area (Å²) in [5.41, 5.74) is 3.85. The van der Waals surface area contributed by atoms with Gasteiger partial charge in [0.2, 0.25) is 5.91 Å². The van der Waals surface area contributed by atoms with Crippen molar-refractivity contribution in [3.05, 3.63) is 51.9 Å². The number of hydrogen-bond donors (Lipinski definition) is 2. The number of amides is 1. The zero-order valence-corrected chi connectivity index (χ0v) is 14.7. The Labute approximate surface area is 147 Å². The SMILES string of the molecule is Cc1ccc(NC(=O)CC2CCCN(c3cn[nH]c(=O)c3)C2)cc1C. The Morgan fingerprint density at radius 3 is 2.92 bits per heavy atom. The monoisotopic (exact) mass is 340 g/mol. The summed E-state index contributed by atoms with van der Waals surface area (Å²) in [4.78, 5) is 26.0. The first kappa shape index (κ1) is 17.2. The van der Waals surface area contributed by atoms with Crippen molar-refractivity contribution in [3.8, 4) is 0 Å². The number of carbonyl (C=O) groups excluding carboxylic acids is 1. The van der Waals surface area contributed by atoms with E-state index in [9.17, 15) is 9.59 Å². The maximum Gasteiger partial charge on any atom is 0.266 e. The molecule has 1 aliphatic heterocycles. The van der Waals surface area contributed by atoms with Crippen LogP contribution in [0.1, 0.15) is 30.4 Å². The van der Waals surface area contributed by atoms with Crippen LogP contribution in [-0.4, -0.2) is 29.2 Å². The molecule has 0 saturated carbocycles. The van der Waals surface area contributed by atoms with Crippen LogP contribution < -0.4 is 15.8 Å². The lowest BCUT2D eigenvalue weighted by Crippen LogP contribution is -2.37. The standard InChI is InChI=1S/C19H24N4O2/c1-13-5-6-16(8-14(13)2)21-18(24)9-15-4-3-7-23(12-15)17-10-19(25)22-20-11-17/h5-6,8,10-11,15H,3-4,7,9,12H2,1-2H3,(H,21,24)(H,22,25). The van der Waals surface area contributed by atoms with Crippen molar-refractivity contribution in [2.75, 3.05) is 23.3 Å². The molecule has 25 heavy (non-hydrogen) atoms. The quantitative estimate of drug-likeness (QED) is 0.897. The molecule has 6 heteroatoms. The van der Waals surface area contributed by atoms with Crippen LogP contribution in [0.3, 0.4) is 0 Å². The molecule has 1 atom stereocenters. The van der Waals surface area contributed by atoms with Gasteiger partial charge in [-0.25, -0.2) is 5.10 Å². The average Bonchev–Trinajstić information content (AvgIpc) is 2.58. The van der Waals surface area contributed by atoms with Gasteiger partial charge in [-0.1, -0.05) is 6.07 Å². The van der Waals surface area contributed by atoms with E-state index >= 15 is 0 Å². The molecule has 3 rings (SSSR count). The first-order valence-electron chi connectivity index (χ1n) is 8.68. The molecule has 0 bridgehead atoms. The molecule has 6 nitrogen and oxygen atoms in total. The molecule has 2 heterocycles. The number of H-pyrrole nitrogens is 1. The van der Waals surface area contributed by atoms with Crippen LogP contribution in [0.2, 0.25) is 0 Å². The molecule has 2 aromatic rings. The lowest BCUT2D eigenvalue weighted by molar-refractivity contribution is -0.117. The fourth-order valence-corrected chi connectivity index (χ4v) is 3.30. The van der Waals surface area contributed by atoms with Gasteiger partial charge in [0, 0.05) is 31.3 Å². The van der Waals surface area contributed by atoms with Crippen LogP contribution in [-0.2, 0) is 4.79 Å². The number of anilines is 2.